The molecule has 0 aliphatic carbocycles. The number of hydrogen-bond acceptors (Lipinski definition) is 52. The van der Waals surface area contributed by atoms with Gasteiger partial charge in [0.05, 0.1) is 102 Å². The molecule has 0 aromatic carbocycles. The zero-order valence-electron chi connectivity index (χ0n) is 76.0. The topological polar surface area (TPSA) is 850 Å². The Bertz CT molecular complexity index is 6670. The standard InChI is InChI=1S/C66H89N25O36P6.6Na/c1-27(2)116-30-9-44(88-23-76-47-53(68)72-21-74-55(47)88)117-35(30)16-114-133(107,108)127-51-40(122-62(52(51)109-6)91-26-79-50-58(91)82-64(71)84-61(50)94)20-115-132(105,106)126-33-12-45(89-24-77-48-54(69)73-22-75-56(48)89)120-38(33)18-112-130(101,102)124-32-11-43(87-14-29(5)59(92)85-66(87)96)119-37(32)17-111-131(103,104)125-34-13-46(90-25-78-49-57(90)81-63(70)83-60(49)93)121-39(34)19-113-129(99,100)123-31-10-42(86-8-7-41(67)80-65(86)95)118-36(31)15-110-128(97,98)28(3)4;;;;;;/h7-8,14,21-28,30-40,42-46,51-52,62H,9-13,15-20H2,1-6H3,(H,97,98)(H,99,100)(H,101,102)(H,103,104)(H,105,106)(H,107,108)(H2,67,80,95)(H2,68,72,74)(H2,69,73,75)(H,85,92,96)(H3,70,81,83,93)(H3,71,82,84,94);;;;;;/q;6*+1/p-6. The molecule has 0 spiro atoms. The van der Waals surface area contributed by atoms with Crippen LogP contribution in [0.5, 0.6) is 0 Å². The number of nitrogen functional groups attached to an aromatic ring is 5. The van der Waals surface area contributed by atoms with Gasteiger partial charge in [-0.3, -0.25) is 79.6 Å². The molecule has 0 bridgehead atoms. The predicted molar refractivity (Wildman–Crippen MR) is 432 cm³/mol. The number of nitrogens with zero attached hydrogens (tertiary/aromatic N) is 17. The Morgan fingerprint density at radius 3 is 1.19 bits per heavy atom. The molecule has 139 heavy (non-hydrogen) atoms. The van der Waals surface area contributed by atoms with Crippen LogP contribution < -0.4 is 263 Å². The van der Waals surface area contributed by atoms with Crippen molar-refractivity contribution in [3.63, 3.8) is 0 Å². The molecule has 16 heterocycles. The van der Waals surface area contributed by atoms with Gasteiger partial charge >= 0.3 is 189 Å². The fraction of sp³-hybridized carbons (Fsp3) is 0.576. The first-order valence-corrected chi connectivity index (χ1v) is 49.0. The van der Waals surface area contributed by atoms with Crippen molar-refractivity contribution < 1.29 is 322 Å². The number of aryl methyl sites for hydroxylation is 1. The van der Waals surface area contributed by atoms with Crippen LogP contribution in [0, 0.1) is 6.92 Å². The summed E-state index contributed by atoms with van der Waals surface area (Å²) in [5.74, 6) is -1.05. The molecular weight excluding hydrogens is 2040 g/mol. The molecule has 6 aliphatic heterocycles. The average molecular weight is 2130 g/mol. The number of rotatable bonds is 38. The molecule has 10 aromatic heterocycles. The Morgan fingerprint density at radius 1 is 0.417 bits per heavy atom. The number of phosphoric ester groups is 5. The molecule has 0 amide bonds. The molecule has 25 unspecified atom stereocenters. The summed E-state index contributed by atoms with van der Waals surface area (Å²) < 4.78 is 200. The van der Waals surface area contributed by atoms with Crippen LogP contribution in [-0.2, 0) is 115 Å². The fourth-order valence-corrected chi connectivity index (χ4v) is 20.9. The van der Waals surface area contributed by atoms with Crippen molar-refractivity contribution in [3.8, 4) is 0 Å². The number of H-pyrrole nitrogens is 3. The van der Waals surface area contributed by atoms with E-state index in [1.165, 1.54) is 56.6 Å². The molecule has 13 N–H and O–H groups in total. The van der Waals surface area contributed by atoms with E-state index in [1.807, 2.05) is 0 Å². The number of imidazole rings is 4. The molecule has 6 saturated heterocycles. The molecular formula is C66H83N25Na6O36P6. The van der Waals surface area contributed by atoms with Gasteiger partial charge in [-0.25, -0.2) is 49.5 Å². The molecule has 10 aromatic rings. The predicted octanol–water partition coefficient (Wildman–Crippen LogP) is -21.5. The largest absolute Gasteiger partial charge is 1.00 e. The van der Waals surface area contributed by atoms with Crippen LogP contribution >= 0.6 is 46.7 Å². The number of hydrogen-bond donors (Lipinski definition) is 8. The number of phosphoric acid groups is 5. The van der Waals surface area contributed by atoms with Gasteiger partial charge < -0.3 is 150 Å². The maximum absolute atomic E-state index is 14.6. The maximum atomic E-state index is 14.6. The van der Waals surface area contributed by atoms with E-state index in [9.17, 15) is 80.7 Å². The molecule has 61 nitrogen and oxygen atoms in total. The van der Waals surface area contributed by atoms with Crippen molar-refractivity contribution in [2.45, 2.75) is 195 Å². The summed E-state index contributed by atoms with van der Waals surface area (Å²) >= 11 is 0. The summed E-state index contributed by atoms with van der Waals surface area (Å²) in [5.41, 5.74) is 23.4. The number of ether oxygens (including phenoxy) is 8. The minimum atomic E-state index is -5.99. The average Bonchev–Trinajstić information content (AvgIpc) is 1.60. The van der Waals surface area contributed by atoms with Crippen LogP contribution in [0.25, 0.3) is 44.7 Å². The van der Waals surface area contributed by atoms with E-state index >= 15 is 0 Å². The van der Waals surface area contributed by atoms with Gasteiger partial charge in [-0.05, 0) is 26.8 Å². The summed E-state index contributed by atoms with van der Waals surface area (Å²) in [7, 11) is -32.8. The van der Waals surface area contributed by atoms with E-state index in [4.69, 9.17) is 116 Å². The zero-order chi connectivity index (χ0) is 95.0. The van der Waals surface area contributed by atoms with Crippen molar-refractivity contribution in [2.24, 2.45) is 0 Å². The van der Waals surface area contributed by atoms with Gasteiger partial charge in [0.1, 0.15) is 117 Å². The summed E-state index contributed by atoms with van der Waals surface area (Å²) in [6.07, 6.45) is -23.9. The van der Waals surface area contributed by atoms with E-state index in [2.05, 4.69) is 69.8 Å². The second-order valence-corrected chi connectivity index (χ2v) is 40.5. The van der Waals surface area contributed by atoms with Crippen molar-refractivity contribution in [2.75, 3.05) is 75.4 Å². The number of aromatic amines is 3. The summed E-state index contributed by atoms with van der Waals surface area (Å²) in [4.78, 5) is 201. The molecule has 25 atom stereocenters. The Labute approximate surface area is 914 Å². The normalized spacial score (nSPS) is 27.9. The third kappa shape index (κ3) is 27.3. The third-order valence-corrected chi connectivity index (χ3v) is 28.5. The van der Waals surface area contributed by atoms with Crippen LogP contribution in [0.15, 0.2) is 80.4 Å². The molecule has 0 saturated carbocycles. The molecule has 73 heteroatoms. The first kappa shape index (κ1) is 118. The van der Waals surface area contributed by atoms with Gasteiger partial charge in [-0.15, -0.1) is 0 Å². The van der Waals surface area contributed by atoms with Gasteiger partial charge in [0.15, 0.2) is 51.5 Å². The van der Waals surface area contributed by atoms with Crippen LogP contribution in [0.2, 0.25) is 0 Å². The Kier molecular flexibility index (Phi) is 40.7. The summed E-state index contributed by atoms with van der Waals surface area (Å²) in [6.45, 7) is 0.863. The van der Waals surface area contributed by atoms with Gasteiger partial charge in [0.25, 0.3) is 55.8 Å². The van der Waals surface area contributed by atoms with Gasteiger partial charge in [-0.2, -0.15) is 15.0 Å². The molecule has 6 aliphatic rings. The van der Waals surface area contributed by atoms with Crippen LogP contribution in [0.1, 0.15) is 103 Å². The first-order chi connectivity index (χ1) is 62.8. The van der Waals surface area contributed by atoms with Gasteiger partial charge in [0.2, 0.25) is 11.9 Å². The van der Waals surface area contributed by atoms with Crippen LogP contribution in [-0.4, -0.2) is 235 Å². The van der Waals surface area contributed by atoms with E-state index < -0.39 is 280 Å². The monoisotopic (exact) mass is 2130 g/mol. The van der Waals surface area contributed by atoms with E-state index in [0.717, 1.165) is 50.6 Å². The number of methoxy groups -OCH3 is 1. The molecule has 16 rings (SSSR count). The molecule has 724 valence electrons. The zero-order valence-corrected chi connectivity index (χ0v) is 93.3. The van der Waals surface area contributed by atoms with Crippen molar-refractivity contribution >= 4 is 121 Å². The number of fused-ring (bicyclic) bond motifs is 4. The van der Waals surface area contributed by atoms with E-state index in [-0.39, 0.29) is 251 Å². The minimum absolute atomic E-state index is 0. The quantitative estimate of drug-likeness (QED) is 0.0132. The Morgan fingerprint density at radius 2 is 0.777 bits per heavy atom. The smallest absolute Gasteiger partial charge is 0.778 e. The SMILES string of the molecule is COC1C(OP(=O)([O-])OCC2OC(n3cnc4c(N)ncnc43)CC2OC(C)C)C(COP(=O)([O-])OC2CC(n3cnc4c(N)ncnc43)OC2COP(=O)([O-])OC2CC(n3cc(C)c(=O)[nH]c3=O)OC2COP(=O)([O-])OC2CC(n3cnc4c(=O)[nH]c(N)nc43)OC2COP(=O)([O-])OC2CC(n3ccc(N)nc3=O)OC2COP(=O)([O-])C(C)C)OC1n1cnc2c(=O)[nH]c(N)nc21.[Na+].[Na+].[Na+].[Na+].[Na+].[Na+]. The number of aromatic nitrogens is 20. The number of nitrogens with two attached hydrogens (primary N) is 5. The van der Waals surface area contributed by atoms with Crippen LogP contribution in [0.4, 0.5) is 29.4 Å². The second kappa shape index (κ2) is 48.1. The second-order valence-electron chi connectivity index (χ2n) is 31.3. The minimum Gasteiger partial charge on any atom is -0.778 e. The van der Waals surface area contributed by atoms with Crippen LogP contribution in [0.3, 0.4) is 0 Å². The van der Waals surface area contributed by atoms with Crippen molar-refractivity contribution in [3.05, 3.63) is 114 Å². The third-order valence-electron chi connectivity index (χ3n) is 21.7. The Balaban J connectivity index is 0.00000332. The van der Waals surface area contributed by atoms with E-state index in [0.29, 0.717) is 0 Å². The summed E-state index contributed by atoms with van der Waals surface area (Å²) in [5, 5.41) is 0. The van der Waals surface area contributed by atoms with Crippen molar-refractivity contribution in [1.29, 1.82) is 0 Å². The van der Waals surface area contributed by atoms with E-state index in [1.54, 1.807) is 18.4 Å². The summed E-state index contributed by atoms with van der Waals surface area (Å²) in [6, 6.07) is 1.22. The molecule has 0 radical (unpaired) electrons. The van der Waals surface area contributed by atoms with Crippen molar-refractivity contribution in [1.82, 2.24) is 97.2 Å². The molecule has 6 fully saturated rings. The van der Waals surface area contributed by atoms with Gasteiger partial charge in [0, 0.05) is 62.8 Å². The fourth-order valence-electron chi connectivity index (χ4n) is 15.5. The maximum Gasteiger partial charge on any atom is 1.00 e. The first-order valence-electron chi connectivity index (χ1n) is 40.1. The van der Waals surface area contributed by atoms with Gasteiger partial charge in [-0.1, -0.05) is 13.8 Å². The number of anilines is 5. The Hall–Kier alpha value is -3.26. The number of nitrogens with one attached hydrogen (secondary N) is 3.